The van der Waals surface area contributed by atoms with Gasteiger partial charge in [-0.2, -0.15) is 0 Å². The quantitative estimate of drug-likeness (QED) is 0.353. The topological polar surface area (TPSA) is 95.4 Å². The number of hydrogen-bond donors (Lipinski definition) is 4. The molecule has 2 aromatic rings. The van der Waals surface area contributed by atoms with Gasteiger partial charge in [-0.25, -0.2) is 10.3 Å². The predicted molar refractivity (Wildman–Crippen MR) is 95.7 cm³/mol. The molecule has 7 nitrogen and oxygen atoms in total. The number of aryl methyl sites for hydroxylation is 2. The van der Waals surface area contributed by atoms with Gasteiger partial charge in [-0.3, -0.25) is 10.0 Å². The minimum absolute atomic E-state index is 0.211. The van der Waals surface area contributed by atoms with E-state index in [0.29, 0.717) is 19.4 Å². The van der Waals surface area contributed by atoms with Gasteiger partial charge < -0.3 is 15.2 Å². The molecular weight excluding hydrogens is 320 g/mol. The lowest BCUT2D eigenvalue weighted by Gasteiger charge is -2.14. The molecule has 25 heavy (non-hydrogen) atoms. The average molecular weight is 344 g/mol. The highest BCUT2D eigenvalue weighted by Crippen LogP contribution is 2.32. The highest BCUT2D eigenvalue weighted by Gasteiger charge is 2.16. The van der Waals surface area contributed by atoms with Gasteiger partial charge in [-0.05, 0) is 31.2 Å². The molecule has 3 rings (SSSR count). The van der Waals surface area contributed by atoms with Gasteiger partial charge in [0.05, 0.1) is 11.2 Å². The van der Waals surface area contributed by atoms with E-state index in [-0.39, 0.29) is 11.9 Å². The Hall–Kier alpha value is -2.54. The first-order valence-corrected chi connectivity index (χ1v) is 8.77. The van der Waals surface area contributed by atoms with Crippen LogP contribution in [0, 0.1) is 0 Å². The minimum atomic E-state index is -0.376. The van der Waals surface area contributed by atoms with Gasteiger partial charge in [0.25, 0.3) is 0 Å². The molecule has 0 unspecified atom stereocenters. The number of amides is 3. The van der Waals surface area contributed by atoms with Crippen LogP contribution in [-0.2, 0) is 17.8 Å². The summed E-state index contributed by atoms with van der Waals surface area (Å²) in [6.45, 7) is 1.54. The first-order chi connectivity index (χ1) is 12.2. The van der Waals surface area contributed by atoms with Crippen molar-refractivity contribution in [1.82, 2.24) is 15.4 Å². The van der Waals surface area contributed by atoms with Crippen molar-refractivity contribution in [2.75, 3.05) is 11.9 Å². The maximum Gasteiger partial charge on any atom is 0.319 e. The molecule has 7 heteroatoms. The highest BCUT2D eigenvalue weighted by molar-refractivity contribution is 6.02. The number of unbranched alkanes of at least 4 members (excludes halogenated alkanes) is 2. The van der Waals surface area contributed by atoms with Crippen molar-refractivity contribution in [3.63, 3.8) is 0 Å². The van der Waals surface area contributed by atoms with Gasteiger partial charge in [0.2, 0.25) is 5.91 Å². The molecule has 0 bridgehead atoms. The van der Waals surface area contributed by atoms with E-state index in [1.807, 2.05) is 18.3 Å². The van der Waals surface area contributed by atoms with E-state index in [1.165, 1.54) is 11.1 Å². The molecule has 1 aromatic heterocycles. The Morgan fingerprint density at radius 2 is 2.08 bits per heavy atom. The van der Waals surface area contributed by atoms with Crippen LogP contribution < -0.4 is 16.1 Å². The maximum atomic E-state index is 12.1. The third-order valence-corrected chi connectivity index (χ3v) is 4.57. The lowest BCUT2D eigenvalue weighted by atomic mass is 10.0. The number of nitrogens with zero attached hydrogens (tertiary/aromatic N) is 1. The van der Waals surface area contributed by atoms with E-state index in [2.05, 4.69) is 21.3 Å². The molecule has 1 aliphatic heterocycles. The Kier molecular flexibility index (Phi) is 5.55. The Balaban J connectivity index is 1.48. The van der Waals surface area contributed by atoms with Crippen LogP contribution in [0.4, 0.5) is 10.5 Å². The van der Waals surface area contributed by atoms with Crippen molar-refractivity contribution < 1.29 is 14.8 Å². The molecule has 0 radical (unpaired) electrons. The van der Waals surface area contributed by atoms with Gasteiger partial charge in [0.1, 0.15) is 0 Å². The number of hydroxylamine groups is 1. The summed E-state index contributed by atoms with van der Waals surface area (Å²) in [7, 11) is 0. The Morgan fingerprint density at radius 3 is 2.92 bits per heavy atom. The Labute approximate surface area is 146 Å². The molecule has 0 saturated heterocycles. The van der Waals surface area contributed by atoms with Crippen LogP contribution >= 0.6 is 0 Å². The zero-order chi connectivity index (χ0) is 17.6. The molecule has 0 fully saturated rings. The normalized spacial score (nSPS) is 12.8. The minimum Gasteiger partial charge on any atom is -0.345 e. The first-order valence-electron chi connectivity index (χ1n) is 8.77. The molecule has 2 heterocycles. The molecular formula is C18H24N4O3. The second-order valence-corrected chi connectivity index (χ2v) is 6.38. The van der Waals surface area contributed by atoms with Crippen molar-refractivity contribution >= 4 is 28.5 Å². The number of nitrogens with one attached hydrogen (secondary N) is 3. The number of para-hydroxylation sites is 1. The van der Waals surface area contributed by atoms with E-state index in [0.717, 1.165) is 43.3 Å². The van der Waals surface area contributed by atoms with E-state index < -0.39 is 0 Å². The molecule has 4 N–H and O–H groups in total. The van der Waals surface area contributed by atoms with Crippen LogP contribution in [0.3, 0.4) is 0 Å². The molecule has 0 spiro atoms. The zero-order valence-corrected chi connectivity index (χ0v) is 14.2. The molecule has 3 amide bonds. The molecule has 1 aromatic carbocycles. The van der Waals surface area contributed by atoms with E-state index >= 15 is 0 Å². The van der Waals surface area contributed by atoms with Crippen molar-refractivity contribution in [1.29, 1.82) is 0 Å². The third kappa shape index (κ3) is 4.11. The zero-order valence-electron chi connectivity index (χ0n) is 14.2. The number of anilines is 1. The number of urea groups is 1. The first kappa shape index (κ1) is 17.3. The second kappa shape index (κ2) is 8.02. The van der Waals surface area contributed by atoms with Gasteiger partial charge in [-0.1, -0.05) is 24.6 Å². The van der Waals surface area contributed by atoms with Crippen molar-refractivity contribution in [3.8, 4) is 0 Å². The highest BCUT2D eigenvalue weighted by atomic mass is 16.5. The van der Waals surface area contributed by atoms with E-state index in [1.54, 1.807) is 5.48 Å². The fourth-order valence-electron chi connectivity index (χ4n) is 3.37. The molecule has 1 aliphatic rings. The smallest absolute Gasteiger partial charge is 0.319 e. The largest absolute Gasteiger partial charge is 0.345 e. The number of hydrogen-bond acceptors (Lipinski definition) is 3. The molecule has 0 aliphatic carbocycles. The van der Waals surface area contributed by atoms with Crippen LogP contribution in [0.5, 0.6) is 0 Å². The average Bonchev–Trinajstić information content (AvgIpc) is 2.97. The standard InChI is InChI=1S/C18H24N4O3/c23-16(21-25)9-2-1-3-10-19-18(24)20-15-12-22-11-5-7-13-6-4-8-14(15)17(13)22/h4,6,8,12,25H,1-3,5,7,9-11H2,(H,21,23)(H2,19,20,24). The Bertz CT molecular complexity index is 769. The number of carbonyl (C=O) groups is 2. The van der Waals surface area contributed by atoms with Crippen molar-refractivity contribution in [2.24, 2.45) is 0 Å². The van der Waals surface area contributed by atoms with E-state index in [9.17, 15) is 9.59 Å². The summed E-state index contributed by atoms with van der Waals surface area (Å²) in [6, 6.07) is 6.03. The molecule has 0 atom stereocenters. The fraction of sp³-hybridized carbons (Fsp3) is 0.444. The predicted octanol–water partition coefficient (Wildman–Crippen LogP) is 2.77. The number of aromatic nitrogens is 1. The van der Waals surface area contributed by atoms with E-state index in [4.69, 9.17) is 5.21 Å². The van der Waals surface area contributed by atoms with Crippen LogP contribution in [0.15, 0.2) is 24.4 Å². The van der Waals surface area contributed by atoms with Gasteiger partial charge in [0, 0.05) is 31.1 Å². The van der Waals surface area contributed by atoms with Crippen LogP contribution in [-0.4, -0.2) is 28.3 Å². The molecule has 0 saturated carbocycles. The van der Waals surface area contributed by atoms with Gasteiger partial charge >= 0.3 is 6.03 Å². The van der Waals surface area contributed by atoms with Crippen LogP contribution in [0.2, 0.25) is 0 Å². The summed E-state index contributed by atoms with van der Waals surface area (Å²) in [4.78, 5) is 23.0. The van der Waals surface area contributed by atoms with Gasteiger partial charge in [-0.15, -0.1) is 0 Å². The summed E-state index contributed by atoms with van der Waals surface area (Å²) in [5.41, 5.74) is 5.02. The summed E-state index contributed by atoms with van der Waals surface area (Å²) in [5.74, 6) is -0.376. The Morgan fingerprint density at radius 1 is 1.20 bits per heavy atom. The van der Waals surface area contributed by atoms with Crippen LogP contribution in [0.1, 0.15) is 37.7 Å². The monoisotopic (exact) mass is 344 g/mol. The lowest BCUT2D eigenvalue weighted by molar-refractivity contribution is -0.129. The maximum absolute atomic E-state index is 12.1. The summed E-state index contributed by atoms with van der Waals surface area (Å²) in [6.07, 6.45) is 6.81. The van der Waals surface area contributed by atoms with Crippen molar-refractivity contribution in [2.45, 2.75) is 45.1 Å². The molecule has 134 valence electrons. The van der Waals surface area contributed by atoms with Crippen LogP contribution in [0.25, 0.3) is 10.9 Å². The second-order valence-electron chi connectivity index (χ2n) is 6.38. The number of carbonyl (C=O) groups excluding carboxylic acids is 2. The SMILES string of the molecule is O=C(CCCCCNC(=O)Nc1cn2c3c(cccc13)CCC2)NO. The third-order valence-electron chi connectivity index (χ3n) is 4.57. The summed E-state index contributed by atoms with van der Waals surface area (Å²) in [5, 5.41) is 15.3. The summed E-state index contributed by atoms with van der Waals surface area (Å²) >= 11 is 0. The lowest BCUT2D eigenvalue weighted by Crippen LogP contribution is -2.29. The number of benzene rings is 1. The van der Waals surface area contributed by atoms with Gasteiger partial charge in [0.15, 0.2) is 0 Å². The van der Waals surface area contributed by atoms with Crippen molar-refractivity contribution in [3.05, 3.63) is 30.0 Å². The summed E-state index contributed by atoms with van der Waals surface area (Å²) < 4.78 is 2.22. The fourth-order valence-corrected chi connectivity index (χ4v) is 3.37. The number of rotatable bonds is 7.